The number of carboxylic acids is 1. The first-order chi connectivity index (χ1) is 12.5. The Morgan fingerprint density at radius 1 is 1.15 bits per heavy atom. The fraction of sp³-hybridized carbons (Fsp3) is 0.238. The molecule has 0 radical (unpaired) electrons. The van der Waals surface area contributed by atoms with Gasteiger partial charge in [-0.05, 0) is 41.7 Å². The predicted octanol–water partition coefficient (Wildman–Crippen LogP) is 4.14. The molecular formula is C21H19NO4. The number of benzene rings is 2. The van der Waals surface area contributed by atoms with E-state index in [1.165, 1.54) is 6.92 Å². The molecule has 0 bridgehead atoms. The molecule has 0 fully saturated rings. The molecule has 1 aliphatic heterocycles. The summed E-state index contributed by atoms with van der Waals surface area (Å²) in [7, 11) is 0. The van der Waals surface area contributed by atoms with Gasteiger partial charge < -0.3 is 15.2 Å². The quantitative estimate of drug-likeness (QED) is 0.495. The van der Waals surface area contributed by atoms with Gasteiger partial charge in [0.1, 0.15) is 5.75 Å². The van der Waals surface area contributed by atoms with Crippen molar-refractivity contribution in [1.82, 2.24) is 0 Å². The molecule has 0 unspecified atom stereocenters. The lowest BCUT2D eigenvalue weighted by Crippen LogP contribution is -2.30. The third-order valence-electron chi connectivity index (χ3n) is 5.13. The first kappa shape index (κ1) is 16.4. The maximum absolute atomic E-state index is 11.6. The number of hydrogen-bond acceptors (Lipinski definition) is 4. The van der Waals surface area contributed by atoms with E-state index in [-0.39, 0.29) is 17.9 Å². The van der Waals surface area contributed by atoms with E-state index in [9.17, 15) is 14.7 Å². The summed E-state index contributed by atoms with van der Waals surface area (Å²) in [6, 6.07) is 12.8. The number of nitrogens with one attached hydrogen (secondary N) is 1. The Bertz CT molecular complexity index is 901. The Morgan fingerprint density at radius 2 is 1.92 bits per heavy atom. The van der Waals surface area contributed by atoms with Crippen molar-refractivity contribution in [2.45, 2.75) is 25.3 Å². The van der Waals surface area contributed by atoms with Gasteiger partial charge in [-0.1, -0.05) is 36.4 Å². The molecule has 5 nitrogen and oxygen atoms in total. The first-order valence-corrected chi connectivity index (χ1v) is 8.62. The summed E-state index contributed by atoms with van der Waals surface area (Å²) in [4.78, 5) is 22.7. The number of allylic oxidation sites excluding steroid dienone is 2. The average molecular weight is 349 g/mol. The summed E-state index contributed by atoms with van der Waals surface area (Å²) in [5.41, 5.74) is 3.08. The lowest BCUT2D eigenvalue weighted by Gasteiger charge is -2.38. The summed E-state index contributed by atoms with van der Waals surface area (Å²) in [6.45, 7) is 1.37. The number of rotatable bonds is 3. The van der Waals surface area contributed by atoms with Gasteiger partial charge in [0.05, 0.1) is 17.3 Å². The van der Waals surface area contributed by atoms with Crippen LogP contribution in [0.15, 0.2) is 54.6 Å². The maximum Gasteiger partial charge on any atom is 0.337 e. The second kappa shape index (κ2) is 6.33. The van der Waals surface area contributed by atoms with Crippen molar-refractivity contribution < 1.29 is 19.4 Å². The number of hydrogen-bond donors (Lipinski definition) is 2. The highest BCUT2D eigenvalue weighted by Crippen LogP contribution is 2.50. The van der Waals surface area contributed by atoms with Gasteiger partial charge in [0.25, 0.3) is 0 Å². The number of carbonyl (C=O) groups is 2. The van der Waals surface area contributed by atoms with Gasteiger partial charge in [-0.25, -0.2) is 4.79 Å². The number of aromatic carboxylic acids is 1. The Kier molecular flexibility index (Phi) is 3.99. The van der Waals surface area contributed by atoms with E-state index in [0.29, 0.717) is 22.9 Å². The molecular weight excluding hydrogens is 330 g/mol. The monoisotopic (exact) mass is 349 g/mol. The number of ether oxygens (including phenoxy) is 1. The summed E-state index contributed by atoms with van der Waals surface area (Å²) in [5.74, 6) is -0.257. The van der Waals surface area contributed by atoms with Crippen molar-refractivity contribution in [2.75, 3.05) is 5.32 Å². The predicted molar refractivity (Wildman–Crippen MR) is 97.5 cm³/mol. The highest BCUT2D eigenvalue weighted by atomic mass is 16.5. The molecule has 4 rings (SSSR count). The second-order valence-corrected chi connectivity index (χ2v) is 6.71. The lowest BCUT2D eigenvalue weighted by atomic mass is 9.76. The first-order valence-electron chi connectivity index (χ1n) is 8.62. The van der Waals surface area contributed by atoms with Crippen LogP contribution in [0.5, 0.6) is 5.75 Å². The summed E-state index contributed by atoms with van der Waals surface area (Å²) < 4.78 is 5.10. The van der Waals surface area contributed by atoms with Gasteiger partial charge in [0, 0.05) is 12.8 Å². The van der Waals surface area contributed by atoms with Gasteiger partial charge in [0.2, 0.25) is 0 Å². The minimum Gasteiger partial charge on any atom is -0.478 e. The van der Waals surface area contributed by atoms with Crippen LogP contribution in [0.1, 0.15) is 46.8 Å². The van der Waals surface area contributed by atoms with Crippen LogP contribution in [0.2, 0.25) is 0 Å². The van der Waals surface area contributed by atoms with Crippen LogP contribution in [0, 0.1) is 5.92 Å². The van der Waals surface area contributed by atoms with E-state index in [1.54, 1.807) is 24.3 Å². The van der Waals surface area contributed by atoms with Crippen molar-refractivity contribution in [1.29, 1.82) is 0 Å². The molecule has 0 saturated heterocycles. The average Bonchev–Trinajstić information content (AvgIpc) is 3.10. The fourth-order valence-corrected chi connectivity index (χ4v) is 4.04. The second-order valence-electron chi connectivity index (χ2n) is 6.71. The topological polar surface area (TPSA) is 75.6 Å². The van der Waals surface area contributed by atoms with Crippen LogP contribution in [-0.2, 0) is 4.79 Å². The van der Waals surface area contributed by atoms with Crippen LogP contribution < -0.4 is 10.1 Å². The van der Waals surface area contributed by atoms with Crippen molar-refractivity contribution in [2.24, 2.45) is 5.92 Å². The van der Waals surface area contributed by atoms with Crippen LogP contribution in [0.3, 0.4) is 0 Å². The van der Waals surface area contributed by atoms with Gasteiger partial charge >= 0.3 is 11.9 Å². The van der Waals surface area contributed by atoms with E-state index in [4.69, 9.17) is 4.74 Å². The highest BCUT2D eigenvalue weighted by molar-refractivity contribution is 5.95. The lowest BCUT2D eigenvalue weighted by molar-refractivity contribution is -0.131. The SMILES string of the molecule is CC(=O)Oc1ccc([C@H]2Nc3c(C(=O)O)cccc3[C@H]3C=CC[C@@H]32)cc1. The van der Waals surface area contributed by atoms with Gasteiger partial charge in [-0.15, -0.1) is 0 Å². The summed E-state index contributed by atoms with van der Waals surface area (Å²) in [5, 5.41) is 13.0. The van der Waals surface area contributed by atoms with Crippen LogP contribution in [0.25, 0.3) is 0 Å². The van der Waals surface area contributed by atoms with E-state index >= 15 is 0 Å². The Balaban J connectivity index is 1.72. The molecule has 2 N–H and O–H groups in total. The summed E-state index contributed by atoms with van der Waals surface area (Å²) >= 11 is 0. The zero-order valence-corrected chi connectivity index (χ0v) is 14.3. The minimum atomic E-state index is -0.932. The van der Waals surface area contributed by atoms with Crippen molar-refractivity contribution >= 4 is 17.6 Å². The number of anilines is 1. The Labute approximate surface area is 151 Å². The van der Waals surface area contributed by atoms with E-state index in [0.717, 1.165) is 17.5 Å². The van der Waals surface area contributed by atoms with Crippen molar-refractivity contribution in [3.05, 3.63) is 71.3 Å². The molecule has 1 aliphatic carbocycles. The largest absolute Gasteiger partial charge is 0.478 e. The number of esters is 1. The number of fused-ring (bicyclic) bond motifs is 3. The van der Waals surface area contributed by atoms with Crippen LogP contribution >= 0.6 is 0 Å². The third kappa shape index (κ3) is 2.75. The van der Waals surface area contributed by atoms with E-state index in [1.807, 2.05) is 18.2 Å². The Morgan fingerprint density at radius 3 is 2.62 bits per heavy atom. The van der Waals surface area contributed by atoms with Crippen LogP contribution in [0.4, 0.5) is 5.69 Å². The molecule has 26 heavy (non-hydrogen) atoms. The molecule has 1 heterocycles. The van der Waals surface area contributed by atoms with Crippen molar-refractivity contribution in [3.63, 3.8) is 0 Å². The number of carboxylic acid groups (broad SMARTS) is 1. The molecule has 2 aromatic rings. The molecule has 3 atom stereocenters. The minimum absolute atomic E-state index is 0.00521. The van der Waals surface area contributed by atoms with Crippen LogP contribution in [-0.4, -0.2) is 17.0 Å². The molecule has 2 aromatic carbocycles. The molecule has 5 heteroatoms. The fourth-order valence-electron chi connectivity index (χ4n) is 4.04. The normalized spacial score (nSPS) is 22.9. The van der Waals surface area contributed by atoms with Gasteiger partial charge in [-0.2, -0.15) is 0 Å². The zero-order valence-electron chi connectivity index (χ0n) is 14.3. The standard InChI is InChI=1S/C21H19NO4/c1-12(23)26-14-10-8-13(9-11-14)19-16-5-2-4-15(16)17-6-3-7-18(21(24)25)20(17)22-19/h2-4,6-11,15-16,19,22H,5H2,1H3,(H,24,25)/t15-,16-,19+/m0/s1. The highest BCUT2D eigenvalue weighted by Gasteiger charge is 2.39. The summed E-state index contributed by atoms with van der Waals surface area (Å²) in [6.07, 6.45) is 5.28. The molecule has 0 amide bonds. The van der Waals surface area contributed by atoms with Crippen molar-refractivity contribution in [3.8, 4) is 5.75 Å². The number of carbonyl (C=O) groups excluding carboxylic acids is 1. The maximum atomic E-state index is 11.6. The smallest absolute Gasteiger partial charge is 0.337 e. The molecule has 0 spiro atoms. The third-order valence-corrected chi connectivity index (χ3v) is 5.13. The number of para-hydroxylation sites is 1. The van der Waals surface area contributed by atoms with Gasteiger partial charge in [0.15, 0.2) is 0 Å². The molecule has 0 saturated carbocycles. The Hall–Kier alpha value is -3.08. The molecule has 132 valence electrons. The van der Waals surface area contributed by atoms with Gasteiger partial charge in [-0.3, -0.25) is 4.79 Å². The molecule has 2 aliphatic rings. The zero-order chi connectivity index (χ0) is 18.3. The van der Waals surface area contributed by atoms with E-state index < -0.39 is 5.97 Å². The van der Waals surface area contributed by atoms with E-state index in [2.05, 4.69) is 17.5 Å². The molecule has 0 aromatic heterocycles.